The summed E-state index contributed by atoms with van der Waals surface area (Å²) in [6.07, 6.45) is 6.20. The molecule has 0 spiro atoms. The maximum atomic E-state index is 12.3. The van der Waals surface area contributed by atoms with Gasteiger partial charge in [-0.15, -0.1) is 12.4 Å². The molecule has 1 saturated carbocycles. The Kier molecular flexibility index (Phi) is 7.80. The van der Waals surface area contributed by atoms with E-state index < -0.39 is 0 Å². The summed E-state index contributed by atoms with van der Waals surface area (Å²) < 4.78 is 0. The third-order valence-electron chi connectivity index (χ3n) is 3.82. The number of amides is 1. The zero-order chi connectivity index (χ0) is 12.1. The molecule has 0 heterocycles. The largest absolute Gasteiger partial charge is 0.340 e. The molecule has 2 atom stereocenters. The van der Waals surface area contributed by atoms with Crippen LogP contribution < -0.4 is 5.73 Å². The van der Waals surface area contributed by atoms with Gasteiger partial charge in [0.2, 0.25) is 5.91 Å². The van der Waals surface area contributed by atoms with Crippen LogP contribution in [0.25, 0.3) is 0 Å². The summed E-state index contributed by atoms with van der Waals surface area (Å²) in [5.74, 6) is 0.186. The molecule has 1 aliphatic rings. The molecule has 4 heteroatoms. The summed E-state index contributed by atoms with van der Waals surface area (Å²) in [4.78, 5) is 14.3. The highest BCUT2D eigenvalue weighted by Crippen LogP contribution is 2.24. The molecular weight excluding hydrogens is 236 g/mol. The van der Waals surface area contributed by atoms with E-state index in [0.29, 0.717) is 6.04 Å². The van der Waals surface area contributed by atoms with Crippen LogP contribution in [0.4, 0.5) is 0 Å². The van der Waals surface area contributed by atoms with Crippen molar-refractivity contribution in [2.45, 2.75) is 65.0 Å². The Morgan fingerprint density at radius 2 is 1.82 bits per heavy atom. The van der Waals surface area contributed by atoms with E-state index in [2.05, 4.69) is 6.92 Å². The van der Waals surface area contributed by atoms with Gasteiger partial charge in [-0.05, 0) is 26.7 Å². The lowest BCUT2D eigenvalue weighted by Crippen LogP contribution is -2.47. The first-order chi connectivity index (χ1) is 7.57. The monoisotopic (exact) mass is 262 g/mol. The second kappa shape index (κ2) is 7.93. The van der Waals surface area contributed by atoms with Crippen LogP contribution in [-0.2, 0) is 4.79 Å². The van der Waals surface area contributed by atoms with Gasteiger partial charge in [-0.2, -0.15) is 0 Å². The van der Waals surface area contributed by atoms with Crippen molar-refractivity contribution in [2.24, 2.45) is 11.7 Å². The quantitative estimate of drug-likeness (QED) is 0.847. The van der Waals surface area contributed by atoms with Crippen LogP contribution in [0.5, 0.6) is 0 Å². The standard InChI is InChI=1S/C13H26N2O.ClH/c1-4-15(12-8-6-5-7-9-12)13(16)10(2)11(3)14;/h10-12H,4-9,14H2,1-3H3;1H. The van der Waals surface area contributed by atoms with E-state index >= 15 is 0 Å². The molecule has 1 rings (SSSR count). The van der Waals surface area contributed by atoms with Gasteiger partial charge in [-0.1, -0.05) is 26.2 Å². The van der Waals surface area contributed by atoms with Crippen LogP contribution >= 0.6 is 12.4 Å². The van der Waals surface area contributed by atoms with Gasteiger partial charge in [0, 0.05) is 18.6 Å². The molecule has 1 amide bonds. The Balaban J connectivity index is 0.00000256. The van der Waals surface area contributed by atoms with Gasteiger partial charge in [0.25, 0.3) is 0 Å². The molecule has 1 fully saturated rings. The lowest BCUT2D eigenvalue weighted by atomic mass is 9.92. The first kappa shape index (κ1) is 16.7. The fourth-order valence-corrected chi connectivity index (χ4v) is 2.47. The normalized spacial score (nSPS) is 20.2. The number of rotatable bonds is 4. The summed E-state index contributed by atoms with van der Waals surface area (Å²) in [7, 11) is 0. The fourth-order valence-electron chi connectivity index (χ4n) is 2.47. The summed E-state index contributed by atoms with van der Waals surface area (Å²) in [6.45, 7) is 6.75. The van der Waals surface area contributed by atoms with Crippen molar-refractivity contribution in [3.8, 4) is 0 Å². The number of nitrogens with two attached hydrogens (primary N) is 1. The molecule has 0 saturated heterocycles. The Hall–Kier alpha value is -0.280. The Morgan fingerprint density at radius 3 is 2.24 bits per heavy atom. The van der Waals surface area contributed by atoms with E-state index in [1.807, 2.05) is 18.7 Å². The maximum Gasteiger partial charge on any atom is 0.227 e. The highest BCUT2D eigenvalue weighted by molar-refractivity contribution is 5.85. The molecule has 2 unspecified atom stereocenters. The van der Waals surface area contributed by atoms with E-state index in [-0.39, 0.29) is 30.3 Å². The van der Waals surface area contributed by atoms with Crippen molar-refractivity contribution in [1.29, 1.82) is 0 Å². The molecule has 102 valence electrons. The highest BCUT2D eigenvalue weighted by Gasteiger charge is 2.28. The average molecular weight is 263 g/mol. The van der Waals surface area contributed by atoms with Gasteiger partial charge >= 0.3 is 0 Å². The molecule has 0 aromatic rings. The number of hydrogen-bond acceptors (Lipinski definition) is 2. The SMILES string of the molecule is CCN(C(=O)C(C)C(C)N)C1CCCCC1.Cl. The number of hydrogen-bond donors (Lipinski definition) is 1. The maximum absolute atomic E-state index is 12.3. The van der Waals surface area contributed by atoms with E-state index in [4.69, 9.17) is 5.73 Å². The smallest absolute Gasteiger partial charge is 0.227 e. The van der Waals surface area contributed by atoms with Crippen molar-refractivity contribution in [2.75, 3.05) is 6.54 Å². The van der Waals surface area contributed by atoms with Gasteiger partial charge in [-0.3, -0.25) is 4.79 Å². The van der Waals surface area contributed by atoms with Crippen LogP contribution in [0.1, 0.15) is 52.9 Å². The molecule has 0 aromatic carbocycles. The third kappa shape index (κ3) is 4.47. The number of carbonyl (C=O) groups excluding carboxylic acids is 1. The topological polar surface area (TPSA) is 46.3 Å². The van der Waals surface area contributed by atoms with E-state index in [1.165, 1.54) is 32.1 Å². The molecule has 17 heavy (non-hydrogen) atoms. The Bertz CT molecular complexity index is 227. The third-order valence-corrected chi connectivity index (χ3v) is 3.82. The van der Waals surface area contributed by atoms with Crippen molar-refractivity contribution in [1.82, 2.24) is 4.90 Å². The van der Waals surface area contributed by atoms with Crippen LogP contribution in [0.3, 0.4) is 0 Å². The molecule has 0 radical (unpaired) electrons. The summed E-state index contributed by atoms with van der Waals surface area (Å²) in [5.41, 5.74) is 5.81. The fraction of sp³-hybridized carbons (Fsp3) is 0.923. The second-order valence-electron chi connectivity index (χ2n) is 5.06. The first-order valence-electron chi connectivity index (χ1n) is 6.64. The van der Waals surface area contributed by atoms with Crippen LogP contribution in [-0.4, -0.2) is 29.4 Å². The highest BCUT2D eigenvalue weighted by atomic mass is 35.5. The first-order valence-corrected chi connectivity index (χ1v) is 6.64. The zero-order valence-corrected chi connectivity index (χ0v) is 12.1. The number of halogens is 1. The molecule has 0 aromatic heterocycles. The van der Waals surface area contributed by atoms with Crippen LogP contribution in [0.2, 0.25) is 0 Å². The van der Waals surface area contributed by atoms with E-state index in [0.717, 1.165) is 6.54 Å². The van der Waals surface area contributed by atoms with Gasteiger partial charge in [0.1, 0.15) is 0 Å². The van der Waals surface area contributed by atoms with Gasteiger partial charge in [0.05, 0.1) is 5.92 Å². The minimum absolute atomic E-state index is 0. The van der Waals surface area contributed by atoms with E-state index in [1.54, 1.807) is 0 Å². The summed E-state index contributed by atoms with van der Waals surface area (Å²) >= 11 is 0. The van der Waals surface area contributed by atoms with Crippen LogP contribution in [0.15, 0.2) is 0 Å². The predicted molar refractivity (Wildman–Crippen MR) is 74.3 cm³/mol. The summed E-state index contributed by atoms with van der Waals surface area (Å²) in [6, 6.07) is 0.414. The molecular formula is C13H27ClN2O. The van der Waals surface area contributed by atoms with Crippen molar-refractivity contribution < 1.29 is 4.79 Å². The minimum atomic E-state index is -0.0538. The van der Waals surface area contributed by atoms with Crippen molar-refractivity contribution in [3.63, 3.8) is 0 Å². The minimum Gasteiger partial charge on any atom is -0.340 e. The Morgan fingerprint density at radius 1 is 1.29 bits per heavy atom. The molecule has 2 N–H and O–H groups in total. The van der Waals surface area contributed by atoms with Crippen LogP contribution in [0, 0.1) is 5.92 Å². The van der Waals surface area contributed by atoms with Gasteiger partial charge < -0.3 is 10.6 Å². The zero-order valence-electron chi connectivity index (χ0n) is 11.3. The van der Waals surface area contributed by atoms with Gasteiger partial charge in [-0.25, -0.2) is 0 Å². The lowest BCUT2D eigenvalue weighted by molar-refractivity contribution is -0.138. The number of carbonyl (C=O) groups is 1. The molecule has 0 bridgehead atoms. The summed E-state index contributed by atoms with van der Waals surface area (Å²) in [5, 5.41) is 0. The predicted octanol–water partition coefficient (Wildman–Crippen LogP) is 2.57. The Labute approximate surface area is 112 Å². The molecule has 1 aliphatic carbocycles. The second-order valence-corrected chi connectivity index (χ2v) is 5.06. The molecule has 3 nitrogen and oxygen atoms in total. The lowest BCUT2D eigenvalue weighted by Gasteiger charge is -2.36. The van der Waals surface area contributed by atoms with E-state index in [9.17, 15) is 4.79 Å². The van der Waals surface area contributed by atoms with Gasteiger partial charge in [0.15, 0.2) is 0 Å². The molecule has 0 aliphatic heterocycles. The van der Waals surface area contributed by atoms with Crippen molar-refractivity contribution >= 4 is 18.3 Å². The number of nitrogens with zero attached hydrogens (tertiary/aromatic N) is 1. The average Bonchev–Trinajstić information content (AvgIpc) is 2.30. The van der Waals surface area contributed by atoms with Crippen molar-refractivity contribution in [3.05, 3.63) is 0 Å².